The van der Waals surface area contributed by atoms with Crippen molar-refractivity contribution in [3.05, 3.63) is 41.2 Å². The molecule has 5 heteroatoms. The smallest absolute Gasteiger partial charge is 0.145 e. The number of hydrogen-bond acceptors (Lipinski definition) is 5. The van der Waals surface area contributed by atoms with Gasteiger partial charge in [0.2, 0.25) is 0 Å². The van der Waals surface area contributed by atoms with Crippen molar-refractivity contribution in [3.63, 3.8) is 0 Å². The highest BCUT2D eigenvalue weighted by Crippen LogP contribution is 2.18. The lowest BCUT2D eigenvalue weighted by atomic mass is 10.1. The van der Waals surface area contributed by atoms with Gasteiger partial charge in [-0.15, -0.1) is 0 Å². The van der Waals surface area contributed by atoms with Crippen LogP contribution in [0, 0.1) is 6.92 Å². The Morgan fingerprint density at radius 1 is 1.25 bits per heavy atom. The molecule has 0 fully saturated rings. The van der Waals surface area contributed by atoms with E-state index in [4.69, 9.17) is 4.74 Å². The van der Waals surface area contributed by atoms with E-state index in [0.29, 0.717) is 12.6 Å². The topological polar surface area (TPSA) is 60.2 Å². The Balaban J connectivity index is 1.89. The zero-order chi connectivity index (χ0) is 14.4. The molecule has 20 heavy (non-hydrogen) atoms. The molecule has 1 N–H and O–H groups in total. The van der Waals surface area contributed by atoms with Crippen LogP contribution in [-0.2, 0) is 6.61 Å². The van der Waals surface area contributed by atoms with Crippen LogP contribution in [0.15, 0.2) is 28.9 Å². The van der Waals surface area contributed by atoms with E-state index in [0.717, 1.165) is 30.1 Å². The Morgan fingerprint density at radius 2 is 2.00 bits per heavy atom. The monoisotopic (exact) mass is 275 g/mol. The fourth-order valence-corrected chi connectivity index (χ4v) is 1.86. The second-order valence-corrected chi connectivity index (χ2v) is 4.83. The summed E-state index contributed by atoms with van der Waals surface area (Å²) in [4.78, 5) is 0. The summed E-state index contributed by atoms with van der Waals surface area (Å²) in [5.74, 6) is 0.818. The van der Waals surface area contributed by atoms with Crippen molar-refractivity contribution in [1.29, 1.82) is 0 Å². The molecule has 0 amide bonds. The van der Waals surface area contributed by atoms with Gasteiger partial charge in [-0.2, -0.15) is 0 Å². The van der Waals surface area contributed by atoms with Gasteiger partial charge in [0.05, 0.1) is 0 Å². The lowest BCUT2D eigenvalue weighted by molar-refractivity contribution is 0.270. The van der Waals surface area contributed by atoms with Crippen LogP contribution in [0.1, 0.15) is 43.3 Å². The first kappa shape index (κ1) is 14.5. The van der Waals surface area contributed by atoms with Crippen molar-refractivity contribution in [2.45, 2.75) is 39.8 Å². The largest absolute Gasteiger partial charge is 0.487 e. The predicted molar refractivity (Wildman–Crippen MR) is 76.5 cm³/mol. The van der Waals surface area contributed by atoms with Crippen molar-refractivity contribution >= 4 is 0 Å². The average molecular weight is 275 g/mol. The second-order valence-electron chi connectivity index (χ2n) is 4.83. The molecule has 1 unspecified atom stereocenters. The molecular weight excluding hydrogens is 254 g/mol. The van der Waals surface area contributed by atoms with Gasteiger partial charge >= 0.3 is 0 Å². The summed E-state index contributed by atoms with van der Waals surface area (Å²) in [6.45, 7) is 7.57. The summed E-state index contributed by atoms with van der Waals surface area (Å²) < 4.78 is 10.3. The van der Waals surface area contributed by atoms with Gasteiger partial charge in [-0.1, -0.05) is 29.4 Å². The number of nitrogens with zero attached hydrogens (tertiary/aromatic N) is 2. The maximum absolute atomic E-state index is 5.66. The fourth-order valence-electron chi connectivity index (χ4n) is 1.86. The molecule has 0 aliphatic rings. The first-order valence-corrected chi connectivity index (χ1v) is 6.95. The maximum atomic E-state index is 5.66. The lowest BCUT2D eigenvalue weighted by Crippen LogP contribution is -2.19. The number of ether oxygens (including phenoxy) is 1. The Kier molecular flexibility index (Phi) is 5.12. The molecule has 0 saturated carbocycles. The third-order valence-corrected chi connectivity index (χ3v) is 3.20. The summed E-state index contributed by atoms with van der Waals surface area (Å²) in [6, 6.07) is 8.46. The van der Waals surface area contributed by atoms with Crippen molar-refractivity contribution in [2.75, 3.05) is 6.54 Å². The number of aryl methyl sites for hydroxylation is 1. The van der Waals surface area contributed by atoms with Gasteiger partial charge in [0.15, 0.2) is 0 Å². The average Bonchev–Trinajstić information content (AvgIpc) is 2.88. The van der Waals surface area contributed by atoms with Gasteiger partial charge in [0.1, 0.15) is 23.7 Å². The van der Waals surface area contributed by atoms with Gasteiger partial charge in [0, 0.05) is 6.04 Å². The normalized spacial score (nSPS) is 12.3. The first-order valence-electron chi connectivity index (χ1n) is 6.95. The predicted octanol–water partition coefficient (Wildman–Crippen LogP) is 3.02. The molecule has 2 rings (SSSR count). The van der Waals surface area contributed by atoms with E-state index in [9.17, 15) is 0 Å². The maximum Gasteiger partial charge on any atom is 0.145 e. The summed E-state index contributed by atoms with van der Waals surface area (Å²) in [6.07, 6.45) is 1.14. The van der Waals surface area contributed by atoms with Crippen LogP contribution in [-0.4, -0.2) is 16.9 Å². The van der Waals surface area contributed by atoms with Crippen molar-refractivity contribution in [3.8, 4) is 5.75 Å². The number of aromatic nitrogens is 2. The van der Waals surface area contributed by atoms with E-state index in [1.807, 2.05) is 19.1 Å². The molecule has 1 atom stereocenters. The molecule has 5 nitrogen and oxygen atoms in total. The van der Waals surface area contributed by atoms with E-state index in [-0.39, 0.29) is 0 Å². The summed E-state index contributed by atoms with van der Waals surface area (Å²) in [5.41, 5.74) is 2.75. The number of hydrogen-bond donors (Lipinski definition) is 1. The number of rotatable bonds is 7. The van der Waals surface area contributed by atoms with Crippen LogP contribution < -0.4 is 10.1 Å². The van der Waals surface area contributed by atoms with E-state index in [2.05, 4.69) is 46.2 Å². The van der Waals surface area contributed by atoms with E-state index >= 15 is 0 Å². The molecule has 0 bridgehead atoms. The summed E-state index contributed by atoms with van der Waals surface area (Å²) in [5, 5.41) is 11.0. The SMILES string of the molecule is CCCNC(C)c1ccc(OCc2nonc2C)cc1. The Morgan fingerprint density at radius 3 is 2.60 bits per heavy atom. The van der Waals surface area contributed by atoms with Crippen molar-refractivity contribution in [2.24, 2.45) is 0 Å². The summed E-state index contributed by atoms with van der Waals surface area (Å²) in [7, 11) is 0. The van der Waals surface area contributed by atoms with Gasteiger partial charge in [-0.3, -0.25) is 0 Å². The lowest BCUT2D eigenvalue weighted by Gasteiger charge is -2.14. The van der Waals surface area contributed by atoms with Crippen LogP contribution in [0.2, 0.25) is 0 Å². The van der Waals surface area contributed by atoms with Crippen LogP contribution in [0.5, 0.6) is 5.75 Å². The molecule has 0 aliphatic heterocycles. The van der Waals surface area contributed by atoms with Crippen LogP contribution in [0.4, 0.5) is 0 Å². The number of benzene rings is 1. The third-order valence-electron chi connectivity index (χ3n) is 3.20. The first-order chi connectivity index (χ1) is 9.70. The molecule has 0 aliphatic carbocycles. The fraction of sp³-hybridized carbons (Fsp3) is 0.467. The van der Waals surface area contributed by atoms with E-state index < -0.39 is 0 Å². The van der Waals surface area contributed by atoms with Gasteiger partial charge in [-0.25, -0.2) is 4.63 Å². The van der Waals surface area contributed by atoms with Crippen LogP contribution in [0.25, 0.3) is 0 Å². The zero-order valence-electron chi connectivity index (χ0n) is 12.2. The van der Waals surface area contributed by atoms with Crippen LogP contribution >= 0.6 is 0 Å². The standard InChI is InChI=1S/C15H21N3O2/c1-4-9-16-11(2)13-5-7-14(8-6-13)19-10-15-12(3)17-20-18-15/h5-8,11,16H,4,9-10H2,1-3H3. The minimum atomic E-state index is 0.353. The Bertz CT molecular complexity index is 522. The molecule has 1 heterocycles. The van der Waals surface area contributed by atoms with Crippen molar-refractivity contribution < 1.29 is 9.37 Å². The highest BCUT2D eigenvalue weighted by molar-refractivity contribution is 5.29. The van der Waals surface area contributed by atoms with Crippen molar-refractivity contribution in [1.82, 2.24) is 15.6 Å². The van der Waals surface area contributed by atoms with Gasteiger partial charge in [0.25, 0.3) is 0 Å². The van der Waals surface area contributed by atoms with E-state index in [1.54, 1.807) is 0 Å². The Labute approximate surface area is 119 Å². The minimum absolute atomic E-state index is 0.353. The summed E-state index contributed by atoms with van der Waals surface area (Å²) >= 11 is 0. The molecule has 2 aromatic rings. The highest BCUT2D eigenvalue weighted by atomic mass is 16.6. The molecule has 0 spiro atoms. The zero-order valence-corrected chi connectivity index (χ0v) is 12.2. The molecule has 0 radical (unpaired) electrons. The number of nitrogens with one attached hydrogen (secondary N) is 1. The Hall–Kier alpha value is -1.88. The minimum Gasteiger partial charge on any atom is -0.487 e. The van der Waals surface area contributed by atoms with Gasteiger partial charge < -0.3 is 10.1 Å². The molecule has 108 valence electrons. The molecule has 0 saturated heterocycles. The molecule has 1 aromatic heterocycles. The van der Waals surface area contributed by atoms with Gasteiger partial charge in [-0.05, 0) is 44.5 Å². The third kappa shape index (κ3) is 3.81. The van der Waals surface area contributed by atoms with E-state index in [1.165, 1.54) is 5.56 Å². The second kappa shape index (κ2) is 7.05. The highest BCUT2D eigenvalue weighted by Gasteiger charge is 2.07. The quantitative estimate of drug-likeness (QED) is 0.841. The molecular formula is C15H21N3O2. The molecule has 1 aromatic carbocycles. The van der Waals surface area contributed by atoms with Crippen LogP contribution in [0.3, 0.4) is 0 Å².